The highest BCUT2D eigenvalue weighted by atomic mass is 16.5. The van der Waals surface area contributed by atoms with Crippen LogP contribution in [0.25, 0.3) is 0 Å². The van der Waals surface area contributed by atoms with E-state index in [0.717, 1.165) is 29.3 Å². The van der Waals surface area contributed by atoms with Crippen molar-refractivity contribution >= 4 is 5.82 Å². The van der Waals surface area contributed by atoms with E-state index in [1.807, 2.05) is 11.7 Å². The first kappa shape index (κ1) is 15.4. The molecule has 1 fully saturated rings. The lowest BCUT2D eigenvalue weighted by atomic mass is 9.83. The molecule has 128 valence electrons. The zero-order chi connectivity index (χ0) is 16.7. The molecule has 2 aliphatic rings. The third-order valence-electron chi connectivity index (χ3n) is 5.16. The Hall–Kier alpha value is -2.17. The number of benzene rings is 1. The lowest BCUT2D eigenvalue weighted by Crippen LogP contribution is -2.09. The molecule has 1 aromatic carbocycles. The van der Waals surface area contributed by atoms with Gasteiger partial charge in [-0.05, 0) is 31.9 Å². The molecule has 1 aliphatic heterocycles. The summed E-state index contributed by atoms with van der Waals surface area (Å²) in [5.41, 5.74) is 3.59. The lowest BCUT2D eigenvalue weighted by Gasteiger charge is -2.22. The Morgan fingerprint density at radius 1 is 1.33 bits per heavy atom. The Balaban J connectivity index is 1.54. The van der Waals surface area contributed by atoms with Gasteiger partial charge in [0, 0.05) is 43.1 Å². The standard InChI is InChI=1S/C19H25N3O2/c1-12-7-14-8-16(23-3)9-15(19(14)24-12)11-20-18-10-17(21-22(18)2)13-5-4-6-13/h8-10,12-13,20H,4-7,11H2,1-3H3/t12-/m1/s1. The van der Waals surface area contributed by atoms with Crippen LogP contribution in [0.4, 0.5) is 5.82 Å². The largest absolute Gasteiger partial charge is 0.497 e. The number of ether oxygens (including phenoxy) is 2. The van der Waals surface area contributed by atoms with Crippen LogP contribution in [-0.2, 0) is 20.0 Å². The first-order valence-corrected chi connectivity index (χ1v) is 8.78. The molecule has 1 aliphatic carbocycles. The molecule has 0 radical (unpaired) electrons. The molecule has 1 N–H and O–H groups in total. The highest BCUT2D eigenvalue weighted by Crippen LogP contribution is 2.38. The van der Waals surface area contributed by atoms with Gasteiger partial charge in [-0.2, -0.15) is 5.10 Å². The fraction of sp³-hybridized carbons (Fsp3) is 0.526. The van der Waals surface area contributed by atoms with Crippen LogP contribution in [0.3, 0.4) is 0 Å². The van der Waals surface area contributed by atoms with E-state index in [2.05, 4.69) is 35.5 Å². The molecule has 4 rings (SSSR count). The summed E-state index contributed by atoms with van der Waals surface area (Å²) in [6.07, 6.45) is 5.04. The van der Waals surface area contributed by atoms with Crippen molar-refractivity contribution in [2.75, 3.05) is 12.4 Å². The van der Waals surface area contributed by atoms with Crippen molar-refractivity contribution in [1.82, 2.24) is 9.78 Å². The average Bonchev–Trinajstić information content (AvgIpc) is 3.05. The summed E-state index contributed by atoms with van der Waals surface area (Å²) in [6.45, 7) is 2.81. The van der Waals surface area contributed by atoms with E-state index in [9.17, 15) is 0 Å². The smallest absolute Gasteiger partial charge is 0.128 e. The van der Waals surface area contributed by atoms with Crippen LogP contribution in [0.2, 0.25) is 0 Å². The highest BCUT2D eigenvalue weighted by Gasteiger charge is 2.25. The molecule has 24 heavy (non-hydrogen) atoms. The fourth-order valence-electron chi connectivity index (χ4n) is 3.57. The second kappa shape index (κ2) is 6.04. The monoisotopic (exact) mass is 327 g/mol. The SMILES string of the molecule is COc1cc(CNc2cc(C3CCC3)nn2C)c2c(c1)C[C@@H](C)O2. The van der Waals surface area contributed by atoms with Crippen molar-refractivity contribution in [2.45, 2.75) is 51.2 Å². The van der Waals surface area contributed by atoms with E-state index in [1.165, 1.54) is 30.5 Å². The van der Waals surface area contributed by atoms with E-state index >= 15 is 0 Å². The van der Waals surface area contributed by atoms with Crippen molar-refractivity contribution < 1.29 is 9.47 Å². The van der Waals surface area contributed by atoms with Gasteiger partial charge in [-0.25, -0.2) is 0 Å². The molecule has 0 amide bonds. The minimum atomic E-state index is 0.229. The summed E-state index contributed by atoms with van der Waals surface area (Å²) in [5.74, 6) is 3.61. The normalized spacial score (nSPS) is 19.5. The van der Waals surface area contributed by atoms with Gasteiger partial charge in [0.2, 0.25) is 0 Å². The molecule has 0 saturated heterocycles. The van der Waals surface area contributed by atoms with Gasteiger partial charge in [-0.15, -0.1) is 0 Å². The first-order chi connectivity index (χ1) is 11.6. The fourth-order valence-corrected chi connectivity index (χ4v) is 3.57. The van der Waals surface area contributed by atoms with Crippen LogP contribution in [-0.4, -0.2) is 23.0 Å². The summed E-state index contributed by atoms with van der Waals surface area (Å²) in [7, 11) is 3.71. The van der Waals surface area contributed by atoms with E-state index < -0.39 is 0 Å². The summed E-state index contributed by atoms with van der Waals surface area (Å²) in [4.78, 5) is 0. The highest BCUT2D eigenvalue weighted by molar-refractivity contribution is 5.51. The lowest BCUT2D eigenvalue weighted by molar-refractivity contribution is 0.252. The van der Waals surface area contributed by atoms with E-state index in [0.29, 0.717) is 12.5 Å². The maximum absolute atomic E-state index is 6.01. The van der Waals surface area contributed by atoms with Crippen LogP contribution < -0.4 is 14.8 Å². The van der Waals surface area contributed by atoms with E-state index in [1.54, 1.807) is 7.11 Å². The van der Waals surface area contributed by atoms with Crippen LogP contribution >= 0.6 is 0 Å². The second-order valence-electron chi connectivity index (χ2n) is 6.97. The van der Waals surface area contributed by atoms with Crippen molar-refractivity contribution in [1.29, 1.82) is 0 Å². The predicted molar refractivity (Wildman–Crippen MR) is 93.9 cm³/mol. The van der Waals surface area contributed by atoms with Crippen LogP contribution in [0.5, 0.6) is 11.5 Å². The predicted octanol–water partition coefficient (Wildman–Crippen LogP) is 3.63. The maximum atomic E-state index is 6.01. The third-order valence-corrected chi connectivity index (χ3v) is 5.16. The Bertz CT molecular complexity index is 749. The zero-order valence-electron chi connectivity index (χ0n) is 14.6. The van der Waals surface area contributed by atoms with Crippen molar-refractivity contribution in [3.63, 3.8) is 0 Å². The molecule has 2 aromatic rings. The van der Waals surface area contributed by atoms with Crippen LogP contribution in [0, 0.1) is 0 Å². The minimum Gasteiger partial charge on any atom is -0.497 e. The van der Waals surface area contributed by atoms with Gasteiger partial charge in [0.25, 0.3) is 0 Å². The van der Waals surface area contributed by atoms with E-state index in [-0.39, 0.29) is 6.10 Å². The Morgan fingerprint density at radius 3 is 2.88 bits per heavy atom. The zero-order valence-corrected chi connectivity index (χ0v) is 14.6. The number of aromatic nitrogens is 2. The Morgan fingerprint density at radius 2 is 2.17 bits per heavy atom. The quantitative estimate of drug-likeness (QED) is 0.911. The second-order valence-corrected chi connectivity index (χ2v) is 6.97. The molecule has 0 unspecified atom stereocenters. The van der Waals surface area contributed by atoms with Gasteiger partial charge < -0.3 is 14.8 Å². The summed E-state index contributed by atoms with van der Waals surface area (Å²) in [6, 6.07) is 6.34. The number of hydrogen-bond acceptors (Lipinski definition) is 4. The molecular weight excluding hydrogens is 302 g/mol. The summed E-state index contributed by atoms with van der Waals surface area (Å²) >= 11 is 0. The molecule has 1 saturated carbocycles. The number of hydrogen-bond donors (Lipinski definition) is 1. The van der Waals surface area contributed by atoms with Crippen molar-refractivity contribution in [3.8, 4) is 11.5 Å². The molecule has 1 atom stereocenters. The number of methoxy groups -OCH3 is 1. The van der Waals surface area contributed by atoms with Crippen molar-refractivity contribution in [3.05, 3.63) is 35.0 Å². The first-order valence-electron chi connectivity index (χ1n) is 8.78. The number of fused-ring (bicyclic) bond motifs is 1. The topological polar surface area (TPSA) is 48.3 Å². The molecule has 0 spiro atoms. The van der Waals surface area contributed by atoms with Crippen LogP contribution in [0.1, 0.15) is 48.9 Å². The molecule has 2 heterocycles. The van der Waals surface area contributed by atoms with Gasteiger partial charge in [0.15, 0.2) is 0 Å². The van der Waals surface area contributed by atoms with Crippen molar-refractivity contribution in [2.24, 2.45) is 7.05 Å². The van der Waals surface area contributed by atoms with Gasteiger partial charge in [-0.3, -0.25) is 4.68 Å². The number of rotatable bonds is 5. The van der Waals surface area contributed by atoms with Gasteiger partial charge in [0.05, 0.1) is 12.8 Å². The molecule has 1 aromatic heterocycles. The summed E-state index contributed by atoms with van der Waals surface area (Å²) in [5, 5.41) is 8.17. The molecular formula is C19H25N3O2. The van der Waals surface area contributed by atoms with Gasteiger partial charge in [0.1, 0.15) is 23.4 Å². The number of nitrogens with one attached hydrogen (secondary N) is 1. The van der Waals surface area contributed by atoms with Crippen LogP contribution in [0.15, 0.2) is 18.2 Å². The Kier molecular flexibility index (Phi) is 3.87. The summed E-state index contributed by atoms with van der Waals surface area (Å²) < 4.78 is 13.4. The number of anilines is 1. The van der Waals surface area contributed by atoms with Gasteiger partial charge in [-0.1, -0.05) is 6.42 Å². The molecule has 0 bridgehead atoms. The average molecular weight is 327 g/mol. The molecule has 5 nitrogen and oxygen atoms in total. The van der Waals surface area contributed by atoms with E-state index in [4.69, 9.17) is 9.47 Å². The third kappa shape index (κ3) is 2.72. The van der Waals surface area contributed by atoms with Gasteiger partial charge >= 0.3 is 0 Å². The molecule has 5 heteroatoms. The minimum absolute atomic E-state index is 0.229. The number of nitrogens with zero attached hydrogens (tertiary/aromatic N) is 2. The Labute approximate surface area is 143 Å². The maximum Gasteiger partial charge on any atom is 0.128 e. The number of aryl methyl sites for hydroxylation is 1.